The first kappa shape index (κ1) is 19.1. The lowest BCUT2D eigenvalue weighted by atomic mass is 9.98. The molecule has 2 aromatic carbocycles. The molecule has 2 heterocycles. The van der Waals surface area contributed by atoms with Crippen molar-refractivity contribution in [2.24, 2.45) is 0 Å². The fraction of sp³-hybridized carbons (Fsp3) is 0.435. The molecule has 4 nitrogen and oxygen atoms in total. The number of halogens is 1. The second kappa shape index (κ2) is 8.02. The van der Waals surface area contributed by atoms with Gasteiger partial charge in [0, 0.05) is 30.7 Å². The van der Waals surface area contributed by atoms with Gasteiger partial charge in [-0.2, -0.15) is 0 Å². The van der Waals surface area contributed by atoms with Crippen molar-refractivity contribution in [3.8, 4) is 0 Å². The van der Waals surface area contributed by atoms with Crippen molar-refractivity contribution in [2.75, 3.05) is 19.7 Å². The second-order valence-corrected chi connectivity index (χ2v) is 8.08. The standard InChI is InChI=1S/C23H27FN2O2/c1-15-7-8-17(10-22(15)24)9-18-5-3-4-6-21(18)23(27)25-19-11-20-14-28-16(2)12-26(20)13-19/h3-8,10,16,19-20H,9,11-14H2,1-2H3,(H,25,27)/t16-,19-,20-/m0/s1. The summed E-state index contributed by atoms with van der Waals surface area (Å²) in [6, 6.07) is 13.4. The summed E-state index contributed by atoms with van der Waals surface area (Å²) >= 11 is 0. The predicted molar refractivity (Wildman–Crippen MR) is 107 cm³/mol. The van der Waals surface area contributed by atoms with Crippen molar-refractivity contribution in [1.82, 2.24) is 10.2 Å². The third kappa shape index (κ3) is 4.10. The van der Waals surface area contributed by atoms with Gasteiger partial charge in [-0.15, -0.1) is 0 Å². The minimum atomic E-state index is -0.210. The molecule has 0 unspecified atom stereocenters. The van der Waals surface area contributed by atoms with Gasteiger partial charge in [0.25, 0.3) is 5.91 Å². The number of carbonyl (C=O) groups excluding carboxylic acids is 1. The average Bonchev–Trinajstić information content (AvgIpc) is 3.06. The molecule has 0 aromatic heterocycles. The van der Waals surface area contributed by atoms with Gasteiger partial charge in [-0.3, -0.25) is 9.69 Å². The molecule has 1 amide bonds. The molecule has 2 aliphatic heterocycles. The highest BCUT2D eigenvalue weighted by Gasteiger charge is 2.36. The number of carbonyl (C=O) groups is 1. The zero-order chi connectivity index (χ0) is 19.7. The van der Waals surface area contributed by atoms with Crippen molar-refractivity contribution in [1.29, 1.82) is 0 Å². The Morgan fingerprint density at radius 3 is 2.89 bits per heavy atom. The number of hydrogen-bond acceptors (Lipinski definition) is 3. The first-order valence-corrected chi connectivity index (χ1v) is 9.99. The minimum absolute atomic E-state index is 0.0537. The summed E-state index contributed by atoms with van der Waals surface area (Å²) in [5, 5.41) is 3.20. The third-order valence-electron chi connectivity index (χ3n) is 5.82. The van der Waals surface area contributed by atoms with Crippen LogP contribution < -0.4 is 5.32 Å². The fourth-order valence-electron chi connectivity index (χ4n) is 4.27. The van der Waals surface area contributed by atoms with Gasteiger partial charge in [0.2, 0.25) is 0 Å². The van der Waals surface area contributed by atoms with Crippen LogP contribution in [0.4, 0.5) is 4.39 Å². The largest absolute Gasteiger partial charge is 0.376 e. The Bertz CT molecular complexity index is 869. The molecule has 3 atom stereocenters. The molecule has 2 aliphatic rings. The predicted octanol–water partition coefficient (Wildman–Crippen LogP) is 3.32. The number of fused-ring (bicyclic) bond motifs is 1. The van der Waals surface area contributed by atoms with E-state index in [0.717, 1.165) is 37.2 Å². The van der Waals surface area contributed by atoms with Crippen LogP contribution in [-0.4, -0.2) is 48.7 Å². The zero-order valence-corrected chi connectivity index (χ0v) is 16.5. The molecule has 2 saturated heterocycles. The van der Waals surface area contributed by atoms with Crippen molar-refractivity contribution in [3.05, 3.63) is 70.5 Å². The maximum Gasteiger partial charge on any atom is 0.251 e. The minimum Gasteiger partial charge on any atom is -0.376 e. The van der Waals surface area contributed by atoms with Gasteiger partial charge >= 0.3 is 0 Å². The molecule has 4 rings (SSSR count). The van der Waals surface area contributed by atoms with Gasteiger partial charge in [0.05, 0.1) is 12.7 Å². The van der Waals surface area contributed by atoms with Gasteiger partial charge in [-0.1, -0.05) is 30.3 Å². The maximum absolute atomic E-state index is 13.9. The number of nitrogens with zero attached hydrogens (tertiary/aromatic N) is 1. The average molecular weight is 382 g/mol. The van der Waals surface area contributed by atoms with E-state index in [0.29, 0.717) is 23.6 Å². The molecule has 0 saturated carbocycles. The Kier molecular flexibility index (Phi) is 5.47. The van der Waals surface area contributed by atoms with Crippen LogP contribution in [0.15, 0.2) is 42.5 Å². The van der Waals surface area contributed by atoms with E-state index in [2.05, 4.69) is 17.1 Å². The Morgan fingerprint density at radius 1 is 1.25 bits per heavy atom. The summed E-state index contributed by atoms with van der Waals surface area (Å²) < 4.78 is 19.6. The van der Waals surface area contributed by atoms with E-state index in [1.165, 1.54) is 0 Å². The van der Waals surface area contributed by atoms with Crippen LogP contribution in [0.25, 0.3) is 0 Å². The van der Waals surface area contributed by atoms with Crippen LogP contribution in [0, 0.1) is 12.7 Å². The molecular formula is C23H27FN2O2. The van der Waals surface area contributed by atoms with E-state index in [-0.39, 0.29) is 23.9 Å². The summed E-state index contributed by atoms with van der Waals surface area (Å²) in [6.07, 6.45) is 1.70. The molecule has 0 radical (unpaired) electrons. The summed E-state index contributed by atoms with van der Waals surface area (Å²) in [5.41, 5.74) is 3.08. The number of morpholine rings is 1. The highest BCUT2D eigenvalue weighted by molar-refractivity contribution is 5.96. The number of aryl methyl sites for hydroxylation is 1. The first-order valence-electron chi connectivity index (χ1n) is 9.99. The molecule has 5 heteroatoms. The monoisotopic (exact) mass is 382 g/mol. The molecule has 0 spiro atoms. The number of nitrogens with one attached hydrogen (secondary N) is 1. The molecule has 0 bridgehead atoms. The molecular weight excluding hydrogens is 355 g/mol. The van der Waals surface area contributed by atoms with Crippen LogP contribution in [0.1, 0.15) is 40.4 Å². The van der Waals surface area contributed by atoms with Crippen LogP contribution in [0.2, 0.25) is 0 Å². The third-order valence-corrected chi connectivity index (χ3v) is 5.82. The quantitative estimate of drug-likeness (QED) is 0.882. The Balaban J connectivity index is 1.45. The van der Waals surface area contributed by atoms with Gasteiger partial charge in [0.15, 0.2) is 0 Å². The van der Waals surface area contributed by atoms with E-state index < -0.39 is 0 Å². The molecule has 1 N–H and O–H groups in total. The number of amides is 1. The van der Waals surface area contributed by atoms with Gasteiger partial charge in [-0.05, 0) is 55.5 Å². The highest BCUT2D eigenvalue weighted by atomic mass is 19.1. The maximum atomic E-state index is 13.9. The van der Waals surface area contributed by atoms with E-state index in [9.17, 15) is 9.18 Å². The summed E-state index contributed by atoms with van der Waals surface area (Å²) in [4.78, 5) is 15.4. The molecule has 148 valence electrons. The zero-order valence-electron chi connectivity index (χ0n) is 16.5. The molecule has 2 fully saturated rings. The van der Waals surface area contributed by atoms with Crippen LogP contribution >= 0.6 is 0 Å². The first-order chi connectivity index (χ1) is 13.5. The van der Waals surface area contributed by atoms with Crippen molar-refractivity contribution in [3.63, 3.8) is 0 Å². The van der Waals surface area contributed by atoms with Gasteiger partial charge in [-0.25, -0.2) is 4.39 Å². The normalized spacial score (nSPS) is 24.8. The Hall–Kier alpha value is -2.24. The van der Waals surface area contributed by atoms with Crippen molar-refractivity contribution < 1.29 is 13.9 Å². The SMILES string of the molecule is Cc1ccc(Cc2ccccc2C(=O)N[C@H]2C[C@H]3CO[C@@H](C)CN3C2)cc1F. The summed E-state index contributed by atoms with van der Waals surface area (Å²) in [5.74, 6) is -0.263. The molecule has 28 heavy (non-hydrogen) atoms. The number of benzene rings is 2. The summed E-state index contributed by atoms with van der Waals surface area (Å²) in [7, 11) is 0. The van der Waals surface area contributed by atoms with Gasteiger partial charge < -0.3 is 10.1 Å². The number of hydrogen-bond donors (Lipinski definition) is 1. The van der Waals surface area contributed by atoms with E-state index in [1.807, 2.05) is 30.3 Å². The van der Waals surface area contributed by atoms with Crippen LogP contribution in [-0.2, 0) is 11.2 Å². The van der Waals surface area contributed by atoms with Gasteiger partial charge in [0.1, 0.15) is 5.82 Å². The Morgan fingerprint density at radius 2 is 2.07 bits per heavy atom. The topological polar surface area (TPSA) is 41.6 Å². The molecule has 0 aliphatic carbocycles. The summed E-state index contributed by atoms with van der Waals surface area (Å²) in [6.45, 7) is 6.37. The van der Waals surface area contributed by atoms with Crippen LogP contribution in [0.5, 0.6) is 0 Å². The lowest BCUT2D eigenvalue weighted by Gasteiger charge is -2.33. The highest BCUT2D eigenvalue weighted by Crippen LogP contribution is 2.24. The van der Waals surface area contributed by atoms with Crippen molar-refractivity contribution in [2.45, 2.75) is 44.9 Å². The van der Waals surface area contributed by atoms with Crippen LogP contribution in [0.3, 0.4) is 0 Å². The number of ether oxygens (including phenoxy) is 1. The van der Waals surface area contributed by atoms with E-state index in [1.54, 1.807) is 19.1 Å². The lowest BCUT2D eigenvalue weighted by Crippen LogP contribution is -2.45. The van der Waals surface area contributed by atoms with E-state index in [4.69, 9.17) is 4.74 Å². The fourth-order valence-corrected chi connectivity index (χ4v) is 4.27. The second-order valence-electron chi connectivity index (χ2n) is 8.08. The smallest absolute Gasteiger partial charge is 0.251 e. The number of rotatable bonds is 4. The Labute approximate surface area is 165 Å². The lowest BCUT2D eigenvalue weighted by molar-refractivity contribution is -0.0390. The van der Waals surface area contributed by atoms with Crippen molar-refractivity contribution >= 4 is 5.91 Å². The van der Waals surface area contributed by atoms with E-state index >= 15 is 0 Å². The molecule has 2 aromatic rings.